The van der Waals surface area contributed by atoms with Gasteiger partial charge >= 0.3 is 0 Å². The highest BCUT2D eigenvalue weighted by atomic mass is 79.9. The zero-order chi connectivity index (χ0) is 13.1. The smallest absolute Gasteiger partial charge is 0.101 e. The minimum atomic E-state index is 0.464. The number of nitriles is 1. The summed E-state index contributed by atoms with van der Waals surface area (Å²) in [6.07, 6.45) is 0. The summed E-state index contributed by atoms with van der Waals surface area (Å²) < 4.78 is 0.851. The summed E-state index contributed by atoms with van der Waals surface area (Å²) in [5.74, 6) is 0. The Morgan fingerprint density at radius 1 is 1.22 bits per heavy atom. The van der Waals surface area contributed by atoms with Crippen LogP contribution in [0.2, 0.25) is 5.02 Å². The molecule has 0 aliphatic heterocycles. The third-order valence-corrected chi connectivity index (χ3v) is 3.25. The maximum Gasteiger partial charge on any atom is 0.101 e. The third kappa shape index (κ3) is 2.58. The number of hydrogen-bond acceptors (Lipinski definition) is 3. The molecule has 18 heavy (non-hydrogen) atoms. The van der Waals surface area contributed by atoms with Crippen LogP contribution in [0.5, 0.6) is 0 Å². The minimum absolute atomic E-state index is 0.464. The maximum atomic E-state index is 9.08. The molecule has 0 radical (unpaired) electrons. The fourth-order valence-electron chi connectivity index (χ4n) is 1.51. The number of para-hydroxylation sites is 1. The van der Waals surface area contributed by atoms with Crippen molar-refractivity contribution in [2.24, 2.45) is 0 Å². The molecule has 5 heteroatoms. The monoisotopic (exact) mass is 321 g/mol. The summed E-state index contributed by atoms with van der Waals surface area (Å²) >= 11 is 9.27. The molecule has 0 aliphatic carbocycles. The normalized spacial score (nSPS) is 9.83. The standard InChI is InChI=1S/C13H9BrClN3/c14-9-4-5-11(8(6-9)7-16)18-12-3-1-2-10(15)13(12)17/h1-6,18H,17H2. The fourth-order valence-corrected chi connectivity index (χ4v) is 2.04. The Morgan fingerprint density at radius 2 is 2.00 bits per heavy atom. The van der Waals surface area contributed by atoms with E-state index < -0.39 is 0 Å². The lowest BCUT2D eigenvalue weighted by atomic mass is 10.2. The number of hydrogen-bond donors (Lipinski definition) is 2. The van der Waals surface area contributed by atoms with E-state index >= 15 is 0 Å². The van der Waals surface area contributed by atoms with E-state index in [1.165, 1.54) is 0 Å². The van der Waals surface area contributed by atoms with E-state index in [4.69, 9.17) is 22.6 Å². The van der Waals surface area contributed by atoms with Crippen LogP contribution in [0.25, 0.3) is 0 Å². The molecule has 0 spiro atoms. The van der Waals surface area contributed by atoms with Crippen molar-refractivity contribution in [1.29, 1.82) is 5.26 Å². The molecular formula is C13H9BrClN3. The largest absolute Gasteiger partial charge is 0.396 e. The van der Waals surface area contributed by atoms with Crippen LogP contribution in [-0.2, 0) is 0 Å². The zero-order valence-electron chi connectivity index (χ0n) is 9.24. The Bertz CT molecular complexity index is 635. The van der Waals surface area contributed by atoms with Crippen LogP contribution in [-0.4, -0.2) is 0 Å². The second-order valence-electron chi connectivity index (χ2n) is 3.63. The van der Waals surface area contributed by atoms with Crippen LogP contribution in [0, 0.1) is 11.3 Å². The quantitative estimate of drug-likeness (QED) is 0.810. The van der Waals surface area contributed by atoms with Gasteiger partial charge in [-0.2, -0.15) is 5.26 Å². The van der Waals surface area contributed by atoms with Gasteiger partial charge in [0.2, 0.25) is 0 Å². The summed E-state index contributed by atoms with van der Waals surface area (Å²) in [6.45, 7) is 0. The Morgan fingerprint density at radius 3 is 2.72 bits per heavy atom. The Balaban J connectivity index is 2.41. The molecule has 90 valence electrons. The van der Waals surface area contributed by atoms with E-state index in [9.17, 15) is 0 Å². The van der Waals surface area contributed by atoms with Crippen LogP contribution in [0.15, 0.2) is 40.9 Å². The number of benzene rings is 2. The molecule has 2 aromatic carbocycles. The third-order valence-electron chi connectivity index (χ3n) is 2.42. The van der Waals surface area contributed by atoms with Crippen LogP contribution in [0.1, 0.15) is 5.56 Å². The van der Waals surface area contributed by atoms with Crippen molar-refractivity contribution in [3.8, 4) is 6.07 Å². The van der Waals surface area contributed by atoms with Gasteiger partial charge in [0.15, 0.2) is 0 Å². The lowest BCUT2D eigenvalue weighted by Gasteiger charge is -2.11. The van der Waals surface area contributed by atoms with Crippen molar-refractivity contribution >= 4 is 44.6 Å². The number of nitrogens with one attached hydrogen (secondary N) is 1. The van der Waals surface area contributed by atoms with E-state index in [2.05, 4.69) is 27.3 Å². The van der Waals surface area contributed by atoms with Crippen LogP contribution < -0.4 is 11.1 Å². The Labute approximate surface area is 118 Å². The predicted octanol–water partition coefficient (Wildman–Crippen LogP) is 4.30. The van der Waals surface area contributed by atoms with Gasteiger partial charge in [-0.3, -0.25) is 0 Å². The molecule has 0 amide bonds. The molecule has 2 aromatic rings. The van der Waals surface area contributed by atoms with Crippen molar-refractivity contribution in [2.75, 3.05) is 11.1 Å². The van der Waals surface area contributed by atoms with Gasteiger partial charge in [0.1, 0.15) is 6.07 Å². The number of rotatable bonds is 2. The molecule has 0 saturated heterocycles. The molecule has 3 N–H and O–H groups in total. The van der Waals surface area contributed by atoms with Gasteiger partial charge in [-0.15, -0.1) is 0 Å². The van der Waals surface area contributed by atoms with Gasteiger partial charge in [-0.1, -0.05) is 33.6 Å². The highest BCUT2D eigenvalue weighted by Crippen LogP contribution is 2.31. The molecule has 0 atom stereocenters. The van der Waals surface area contributed by atoms with Crippen LogP contribution in [0.4, 0.5) is 17.1 Å². The first-order chi connectivity index (χ1) is 8.61. The van der Waals surface area contributed by atoms with E-state index in [0.29, 0.717) is 27.6 Å². The van der Waals surface area contributed by atoms with Gasteiger partial charge in [0.05, 0.1) is 27.6 Å². The topological polar surface area (TPSA) is 61.8 Å². The van der Waals surface area contributed by atoms with Crippen LogP contribution >= 0.6 is 27.5 Å². The number of nitrogens with zero attached hydrogens (tertiary/aromatic N) is 1. The number of nitrogen functional groups attached to an aromatic ring is 1. The summed E-state index contributed by atoms with van der Waals surface area (Å²) in [4.78, 5) is 0. The summed E-state index contributed by atoms with van der Waals surface area (Å²) in [5.41, 5.74) is 8.23. The summed E-state index contributed by atoms with van der Waals surface area (Å²) in [5, 5.41) is 12.7. The molecule has 0 aliphatic rings. The van der Waals surface area contributed by atoms with Gasteiger partial charge in [-0.05, 0) is 30.3 Å². The van der Waals surface area contributed by atoms with E-state index in [1.807, 2.05) is 18.2 Å². The average molecular weight is 323 g/mol. The van der Waals surface area contributed by atoms with Gasteiger partial charge in [0, 0.05) is 4.47 Å². The molecule has 0 aromatic heterocycles. The molecule has 0 heterocycles. The Kier molecular flexibility index (Phi) is 3.75. The summed E-state index contributed by atoms with van der Waals surface area (Å²) in [7, 11) is 0. The predicted molar refractivity (Wildman–Crippen MR) is 78.0 cm³/mol. The maximum absolute atomic E-state index is 9.08. The van der Waals surface area contributed by atoms with Crippen molar-refractivity contribution in [2.45, 2.75) is 0 Å². The number of halogens is 2. The fraction of sp³-hybridized carbons (Fsp3) is 0. The molecular weight excluding hydrogens is 314 g/mol. The second kappa shape index (κ2) is 5.30. The number of anilines is 3. The van der Waals surface area contributed by atoms with Crippen molar-refractivity contribution in [3.63, 3.8) is 0 Å². The van der Waals surface area contributed by atoms with Crippen molar-refractivity contribution < 1.29 is 0 Å². The highest BCUT2D eigenvalue weighted by molar-refractivity contribution is 9.10. The molecule has 3 nitrogen and oxygen atoms in total. The first-order valence-corrected chi connectivity index (χ1v) is 6.29. The van der Waals surface area contributed by atoms with E-state index in [1.54, 1.807) is 18.2 Å². The van der Waals surface area contributed by atoms with Crippen molar-refractivity contribution in [3.05, 3.63) is 51.5 Å². The second-order valence-corrected chi connectivity index (χ2v) is 4.95. The first kappa shape index (κ1) is 12.7. The minimum Gasteiger partial charge on any atom is -0.396 e. The van der Waals surface area contributed by atoms with Gasteiger partial charge in [0.25, 0.3) is 0 Å². The SMILES string of the molecule is N#Cc1cc(Br)ccc1Nc1cccc(Cl)c1N. The highest BCUT2D eigenvalue weighted by Gasteiger charge is 2.07. The molecule has 0 fully saturated rings. The van der Waals surface area contributed by atoms with E-state index in [-0.39, 0.29) is 0 Å². The first-order valence-electron chi connectivity index (χ1n) is 5.12. The van der Waals surface area contributed by atoms with E-state index in [0.717, 1.165) is 4.47 Å². The molecule has 0 unspecified atom stereocenters. The molecule has 0 bridgehead atoms. The van der Waals surface area contributed by atoms with Crippen LogP contribution in [0.3, 0.4) is 0 Å². The van der Waals surface area contributed by atoms with Gasteiger partial charge < -0.3 is 11.1 Å². The van der Waals surface area contributed by atoms with Gasteiger partial charge in [-0.25, -0.2) is 0 Å². The molecule has 0 saturated carbocycles. The lowest BCUT2D eigenvalue weighted by Crippen LogP contribution is -1.98. The molecule has 2 rings (SSSR count). The summed E-state index contributed by atoms with van der Waals surface area (Å²) in [6, 6.07) is 12.8. The average Bonchev–Trinajstić information content (AvgIpc) is 2.37. The number of nitrogens with two attached hydrogens (primary N) is 1. The zero-order valence-corrected chi connectivity index (χ0v) is 11.6. The Hall–Kier alpha value is -1.70. The lowest BCUT2D eigenvalue weighted by molar-refractivity contribution is 1.45. The van der Waals surface area contributed by atoms with Crippen molar-refractivity contribution in [1.82, 2.24) is 0 Å².